The quantitative estimate of drug-likeness (QED) is 0.825. The molecule has 0 amide bonds. The highest BCUT2D eigenvalue weighted by Crippen LogP contribution is 2.38. The van der Waals surface area contributed by atoms with Crippen LogP contribution in [0.3, 0.4) is 0 Å². The summed E-state index contributed by atoms with van der Waals surface area (Å²) in [5.74, 6) is 0. The topological polar surface area (TPSA) is 26.0 Å². The summed E-state index contributed by atoms with van der Waals surface area (Å²) in [5.41, 5.74) is 7.29. The monoisotopic (exact) mass is 207 g/mol. The largest absolute Gasteiger partial charge is 0.328 e. The molecule has 0 aliphatic carbocycles. The number of hydrogen-bond donors (Lipinski definition) is 1. The average Bonchev–Trinajstić information content (AvgIpc) is 2.57. The Balaban J connectivity index is 1.92. The minimum absolute atomic E-state index is 0.347. The van der Waals surface area contributed by atoms with Gasteiger partial charge in [0.15, 0.2) is 0 Å². The van der Waals surface area contributed by atoms with Crippen molar-refractivity contribution in [2.45, 2.75) is 42.4 Å². The lowest BCUT2D eigenvalue weighted by Crippen LogP contribution is -2.16. The Morgan fingerprint density at radius 3 is 3.00 bits per heavy atom. The first-order valence-electron chi connectivity index (χ1n) is 5.26. The zero-order valence-electron chi connectivity index (χ0n) is 8.57. The van der Waals surface area contributed by atoms with E-state index in [4.69, 9.17) is 5.73 Å². The molecule has 1 heterocycles. The maximum atomic E-state index is 5.77. The van der Waals surface area contributed by atoms with Crippen molar-refractivity contribution in [3.05, 3.63) is 29.8 Å². The van der Waals surface area contributed by atoms with Crippen molar-refractivity contribution in [1.29, 1.82) is 0 Å². The second-order valence-electron chi connectivity index (χ2n) is 4.11. The summed E-state index contributed by atoms with van der Waals surface area (Å²) in [5, 5.41) is 0.762. The molecule has 0 bridgehead atoms. The van der Waals surface area contributed by atoms with Crippen molar-refractivity contribution < 1.29 is 0 Å². The molecule has 0 spiro atoms. The van der Waals surface area contributed by atoms with Crippen molar-refractivity contribution in [3.8, 4) is 0 Å². The van der Waals surface area contributed by atoms with E-state index in [2.05, 4.69) is 31.2 Å². The van der Waals surface area contributed by atoms with Gasteiger partial charge in [-0.25, -0.2) is 0 Å². The average molecular weight is 207 g/mol. The Bertz CT molecular complexity index is 284. The molecule has 2 heteroatoms. The second-order valence-corrected chi connectivity index (χ2v) is 5.45. The van der Waals surface area contributed by atoms with Gasteiger partial charge in [0.1, 0.15) is 0 Å². The van der Waals surface area contributed by atoms with E-state index in [1.807, 2.05) is 11.8 Å². The van der Waals surface area contributed by atoms with Crippen LogP contribution < -0.4 is 5.73 Å². The van der Waals surface area contributed by atoms with Crippen LogP contribution in [0.5, 0.6) is 0 Å². The first kappa shape index (κ1) is 10.1. The molecule has 0 saturated carbocycles. The molecule has 0 aromatic heterocycles. The van der Waals surface area contributed by atoms with Crippen molar-refractivity contribution >= 4 is 11.8 Å². The molecule has 1 nitrogen and oxygen atoms in total. The van der Waals surface area contributed by atoms with Crippen molar-refractivity contribution in [1.82, 2.24) is 0 Å². The minimum atomic E-state index is 0.347. The predicted octanol–water partition coefficient (Wildman–Crippen LogP) is 2.83. The van der Waals surface area contributed by atoms with Gasteiger partial charge in [-0.1, -0.05) is 18.2 Å². The number of thioether (sulfide) groups is 1. The van der Waals surface area contributed by atoms with E-state index in [0.717, 1.165) is 11.7 Å². The Labute approximate surface area is 90.1 Å². The molecule has 0 fully saturated rings. The fraction of sp³-hybridized carbons (Fsp3) is 0.500. The standard InChI is InChI=1S/C12H17NS/c1-9(13)6-7-11-8-10-4-2-3-5-12(10)14-11/h2-5,9,11H,6-8,13H2,1H3. The van der Waals surface area contributed by atoms with Crippen LogP contribution in [0.15, 0.2) is 29.2 Å². The van der Waals surface area contributed by atoms with E-state index in [9.17, 15) is 0 Å². The van der Waals surface area contributed by atoms with Gasteiger partial charge in [-0.05, 0) is 37.8 Å². The first-order valence-corrected chi connectivity index (χ1v) is 6.14. The van der Waals surface area contributed by atoms with Crippen molar-refractivity contribution in [3.63, 3.8) is 0 Å². The highest BCUT2D eigenvalue weighted by molar-refractivity contribution is 8.00. The van der Waals surface area contributed by atoms with Crippen LogP contribution >= 0.6 is 11.8 Å². The molecule has 0 radical (unpaired) electrons. The summed E-state index contributed by atoms with van der Waals surface area (Å²) in [4.78, 5) is 1.47. The van der Waals surface area contributed by atoms with E-state index in [-0.39, 0.29) is 0 Å². The molecule has 14 heavy (non-hydrogen) atoms. The van der Waals surface area contributed by atoms with Crippen LogP contribution in [0.1, 0.15) is 25.3 Å². The maximum absolute atomic E-state index is 5.77. The summed E-state index contributed by atoms with van der Waals surface area (Å²) in [7, 11) is 0. The SMILES string of the molecule is CC(N)CCC1Cc2ccccc2S1. The van der Waals surface area contributed by atoms with Gasteiger partial charge >= 0.3 is 0 Å². The van der Waals surface area contributed by atoms with E-state index < -0.39 is 0 Å². The zero-order chi connectivity index (χ0) is 9.97. The normalized spacial score (nSPS) is 22.0. The fourth-order valence-corrected chi connectivity index (χ4v) is 3.20. The molecule has 2 atom stereocenters. The van der Waals surface area contributed by atoms with E-state index in [1.165, 1.54) is 23.3 Å². The summed E-state index contributed by atoms with van der Waals surface area (Å²) < 4.78 is 0. The molecule has 1 aromatic carbocycles. The fourth-order valence-electron chi connectivity index (χ4n) is 1.86. The summed E-state index contributed by atoms with van der Waals surface area (Å²) in [6.07, 6.45) is 3.62. The molecule has 1 aromatic rings. The van der Waals surface area contributed by atoms with Crippen LogP contribution in [-0.4, -0.2) is 11.3 Å². The third-order valence-corrected chi connectivity index (χ3v) is 4.05. The third kappa shape index (κ3) is 2.31. The lowest BCUT2D eigenvalue weighted by atomic mass is 10.1. The van der Waals surface area contributed by atoms with Gasteiger partial charge in [0.05, 0.1) is 0 Å². The smallest absolute Gasteiger partial charge is 0.0136 e. The Hall–Kier alpha value is -0.470. The highest BCUT2D eigenvalue weighted by atomic mass is 32.2. The molecule has 0 saturated heterocycles. The van der Waals surface area contributed by atoms with Crippen LogP contribution in [0.4, 0.5) is 0 Å². The summed E-state index contributed by atoms with van der Waals surface area (Å²) in [6.45, 7) is 2.09. The van der Waals surface area contributed by atoms with E-state index >= 15 is 0 Å². The predicted molar refractivity (Wildman–Crippen MR) is 62.7 cm³/mol. The lowest BCUT2D eigenvalue weighted by Gasteiger charge is -2.09. The van der Waals surface area contributed by atoms with Crippen LogP contribution in [0.2, 0.25) is 0 Å². The van der Waals surface area contributed by atoms with Gasteiger partial charge in [-0.2, -0.15) is 0 Å². The van der Waals surface area contributed by atoms with Gasteiger partial charge in [-0.15, -0.1) is 11.8 Å². The van der Waals surface area contributed by atoms with Gasteiger partial charge in [-0.3, -0.25) is 0 Å². The second kappa shape index (κ2) is 4.37. The van der Waals surface area contributed by atoms with Gasteiger partial charge < -0.3 is 5.73 Å². The summed E-state index contributed by atoms with van der Waals surface area (Å²) >= 11 is 2.02. The number of rotatable bonds is 3. The van der Waals surface area contributed by atoms with Crippen molar-refractivity contribution in [2.24, 2.45) is 5.73 Å². The highest BCUT2D eigenvalue weighted by Gasteiger charge is 2.21. The molecular weight excluding hydrogens is 190 g/mol. The van der Waals surface area contributed by atoms with Crippen LogP contribution in [0.25, 0.3) is 0 Å². The first-order chi connectivity index (χ1) is 6.75. The number of nitrogens with two attached hydrogens (primary N) is 1. The molecular formula is C12H17NS. The maximum Gasteiger partial charge on any atom is 0.0136 e. The van der Waals surface area contributed by atoms with Crippen LogP contribution in [-0.2, 0) is 6.42 Å². The van der Waals surface area contributed by atoms with Gasteiger partial charge in [0, 0.05) is 16.2 Å². The Morgan fingerprint density at radius 1 is 1.50 bits per heavy atom. The number of benzene rings is 1. The van der Waals surface area contributed by atoms with E-state index in [1.54, 1.807) is 0 Å². The Kier molecular flexibility index (Phi) is 3.14. The Morgan fingerprint density at radius 2 is 2.29 bits per heavy atom. The van der Waals surface area contributed by atoms with Crippen LogP contribution in [0, 0.1) is 0 Å². The van der Waals surface area contributed by atoms with Crippen molar-refractivity contribution in [2.75, 3.05) is 0 Å². The lowest BCUT2D eigenvalue weighted by molar-refractivity contribution is 0.609. The third-order valence-electron chi connectivity index (χ3n) is 2.66. The minimum Gasteiger partial charge on any atom is -0.328 e. The van der Waals surface area contributed by atoms with Gasteiger partial charge in [0.2, 0.25) is 0 Å². The molecule has 2 unspecified atom stereocenters. The molecule has 76 valence electrons. The summed E-state index contributed by atoms with van der Waals surface area (Å²) in [6, 6.07) is 9.08. The zero-order valence-corrected chi connectivity index (χ0v) is 9.39. The number of hydrogen-bond acceptors (Lipinski definition) is 2. The van der Waals surface area contributed by atoms with E-state index in [0.29, 0.717) is 6.04 Å². The molecule has 2 N–H and O–H groups in total. The molecule has 2 rings (SSSR count). The molecule has 1 aliphatic heterocycles. The van der Waals surface area contributed by atoms with Gasteiger partial charge in [0.25, 0.3) is 0 Å². The number of fused-ring (bicyclic) bond motifs is 1. The molecule has 1 aliphatic rings.